The van der Waals surface area contributed by atoms with E-state index in [-0.39, 0.29) is 12.4 Å². The van der Waals surface area contributed by atoms with Crippen molar-refractivity contribution in [3.8, 4) is 5.75 Å². The van der Waals surface area contributed by atoms with E-state index in [2.05, 4.69) is 53.7 Å². The number of hydrogen-bond donors (Lipinski definition) is 0. The van der Waals surface area contributed by atoms with Gasteiger partial charge in [-0.25, -0.2) is 4.98 Å². The number of rotatable bonds is 6. The fourth-order valence-corrected chi connectivity index (χ4v) is 2.67. The van der Waals surface area contributed by atoms with Crippen LogP contribution in [0.2, 0.25) is 0 Å². The monoisotopic (exact) mass is 330 g/mol. The Morgan fingerprint density at radius 3 is 2.48 bits per heavy atom. The summed E-state index contributed by atoms with van der Waals surface area (Å²) in [5.41, 5.74) is 3.56. The maximum Gasteiger partial charge on any atom is 0.119 e. The third-order valence-electron chi connectivity index (χ3n) is 3.91. The van der Waals surface area contributed by atoms with Crippen molar-refractivity contribution in [2.75, 3.05) is 6.61 Å². The third kappa shape index (κ3) is 4.26. The molecule has 0 aliphatic rings. The molecule has 122 valence electrons. The first-order valence-corrected chi connectivity index (χ1v) is 7.85. The molecule has 0 spiro atoms. The summed E-state index contributed by atoms with van der Waals surface area (Å²) in [6.07, 6.45) is 2.13. The summed E-state index contributed by atoms with van der Waals surface area (Å²) in [4.78, 5) is 4.60. The first-order valence-electron chi connectivity index (χ1n) is 7.85. The van der Waals surface area contributed by atoms with Crippen molar-refractivity contribution in [2.45, 2.75) is 33.2 Å². The van der Waals surface area contributed by atoms with E-state index in [1.807, 2.05) is 18.2 Å². The van der Waals surface area contributed by atoms with E-state index < -0.39 is 0 Å². The van der Waals surface area contributed by atoms with Gasteiger partial charge < -0.3 is 9.30 Å². The van der Waals surface area contributed by atoms with Crippen LogP contribution in [-0.4, -0.2) is 16.2 Å². The van der Waals surface area contributed by atoms with Crippen LogP contribution in [0.25, 0.3) is 11.0 Å². The molecule has 2 aromatic carbocycles. The molecule has 4 heteroatoms. The lowest BCUT2D eigenvalue weighted by Gasteiger charge is -2.08. The molecule has 3 rings (SSSR count). The van der Waals surface area contributed by atoms with Gasteiger partial charge in [0.05, 0.1) is 17.6 Å². The molecular weight excluding hydrogens is 308 g/mol. The summed E-state index contributed by atoms with van der Waals surface area (Å²) in [7, 11) is 0. The maximum atomic E-state index is 5.77. The van der Waals surface area contributed by atoms with Gasteiger partial charge in [-0.1, -0.05) is 29.8 Å². The summed E-state index contributed by atoms with van der Waals surface area (Å²) < 4.78 is 8.07. The molecule has 0 bridgehead atoms. The Balaban J connectivity index is 0.00000192. The molecule has 0 atom stereocenters. The summed E-state index contributed by atoms with van der Waals surface area (Å²) in [5.74, 6) is 2.04. The lowest BCUT2D eigenvalue weighted by Crippen LogP contribution is -2.03. The van der Waals surface area contributed by atoms with Crippen LogP contribution in [0.1, 0.15) is 24.2 Å². The number of nitrogens with zero attached hydrogens (tertiary/aromatic N) is 2. The quantitative estimate of drug-likeness (QED) is 0.599. The highest BCUT2D eigenvalue weighted by atomic mass is 35.5. The fraction of sp³-hybridized carbons (Fsp3) is 0.316. The molecular formula is C19H23ClN2O. The highest BCUT2D eigenvalue weighted by Gasteiger charge is 2.05. The Morgan fingerprint density at radius 1 is 0.957 bits per heavy atom. The Labute approximate surface area is 143 Å². The number of benzene rings is 2. The highest BCUT2D eigenvalue weighted by molar-refractivity contribution is 5.85. The molecule has 1 heterocycles. The number of ether oxygens (including phenoxy) is 1. The van der Waals surface area contributed by atoms with Crippen molar-refractivity contribution in [1.29, 1.82) is 0 Å². The van der Waals surface area contributed by atoms with Crippen molar-refractivity contribution >= 4 is 23.4 Å². The predicted octanol–water partition coefficient (Wildman–Crippen LogP) is 4.93. The van der Waals surface area contributed by atoms with E-state index in [0.29, 0.717) is 0 Å². The summed E-state index contributed by atoms with van der Waals surface area (Å²) >= 11 is 0. The molecule has 0 unspecified atom stereocenters. The summed E-state index contributed by atoms with van der Waals surface area (Å²) in [5, 5.41) is 0. The van der Waals surface area contributed by atoms with Crippen LogP contribution >= 0.6 is 12.4 Å². The van der Waals surface area contributed by atoms with Crippen molar-refractivity contribution < 1.29 is 4.74 Å². The first kappa shape index (κ1) is 17.4. The Bertz CT molecular complexity index is 750. The van der Waals surface area contributed by atoms with E-state index in [0.717, 1.165) is 43.1 Å². The second kappa shape index (κ2) is 8.02. The third-order valence-corrected chi connectivity index (χ3v) is 3.91. The zero-order valence-electron chi connectivity index (χ0n) is 13.7. The zero-order chi connectivity index (χ0) is 15.4. The van der Waals surface area contributed by atoms with Crippen molar-refractivity contribution in [1.82, 2.24) is 9.55 Å². The molecule has 0 amide bonds. The van der Waals surface area contributed by atoms with Crippen LogP contribution in [0.15, 0.2) is 48.5 Å². The van der Waals surface area contributed by atoms with Crippen LogP contribution in [0.3, 0.4) is 0 Å². The average molecular weight is 331 g/mol. The number of para-hydroxylation sites is 2. The van der Waals surface area contributed by atoms with E-state index in [9.17, 15) is 0 Å². The molecule has 1 aromatic heterocycles. The number of aryl methyl sites for hydroxylation is 3. The molecule has 0 radical (unpaired) electrons. The number of hydrogen-bond acceptors (Lipinski definition) is 2. The molecule has 23 heavy (non-hydrogen) atoms. The predicted molar refractivity (Wildman–Crippen MR) is 97.6 cm³/mol. The topological polar surface area (TPSA) is 27.1 Å². The molecule has 0 saturated heterocycles. The number of halogens is 1. The molecule has 0 aliphatic carbocycles. The molecule has 0 aliphatic heterocycles. The second-order valence-corrected chi connectivity index (χ2v) is 5.67. The van der Waals surface area contributed by atoms with Gasteiger partial charge in [0.25, 0.3) is 0 Å². The minimum Gasteiger partial charge on any atom is -0.494 e. The minimum atomic E-state index is 0. The number of fused-ring (bicyclic) bond motifs is 1. The Kier molecular flexibility index (Phi) is 6.05. The van der Waals surface area contributed by atoms with Crippen LogP contribution in [-0.2, 0) is 6.54 Å². The lowest BCUT2D eigenvalue weighted by molar-refractivity contribution is 0.303. The standard InChI is InChI=1S/C19H22N2O.ClH/c1-15-9-11-17(12-10-15)22-14-6-5-13-21-16(2)20-18-7-3-4-8-19(18)21;/h3-4,7-12H,5-6,13-14H2,1-2H3;1H. The molecule has 0 saturated carbocycles. The highest BCUT2D eigenvalue weighted by Crippen LogP contribution is 2.16. The van der Waals surface area contributed by atoms with Gasteiger partial charge in [-0.3, -0.25) is 0 Å². The van der Waals surface area contributed by atoms with Gasteiger partial charge in [0.1, 0.15) is 11.6 Å². The van der Waals surface area contributed by atoms with E-state index in [1.165, 1.54) is 11.1 Å². The lowest BCUT2D eigenvalue weighted by atomic mass is 10.2. The van der Waals surface area contributed by atoms with Gasteiger partial charge in [0, 0.05) is 6.54 Å². The average Bonchev–Trinajstić information content (AvgIpc) is 2.85. The molecule has 3 aromatic rings. The minimum absolute atomic E-state index is 0. The van der Waals surface area contributed by atoms with Crippen LogP contribution < -0.4 is 4.74 Å². The Hall–Kier alpha value is -2.00. The normalized spacial score (nSPS) is 10.5. The van der Waals surface area contributed by atoms with Crippen molar-refractivity contribution in [3.63, 3.8) is 0 Å². The first-order chi connectivity index (χ1) is 10.7. The largest absolute Gasteiger partial charge is 0.494 e. The maximum absolute atomic E-state index is 5.77. The van der Waals surface area contributed by atoms with Crippen LogP contribution in [0.5, 0.6) is 5.75 Å². The van der Waals surface area contributed by atoms with Gasteiger partial charge in [0.2, 0.25) is 0 Å². The van der Waals surface area contributed by atoms with Gasteiger partial charge in [0.15, 0.2) is 0 Å². The molecule has 3 nitrogen and oxygen atoms in total. The van der Waals surface area contributed by atoms with Gasteiger partial charge in [-0.2, -0.15) is 0 Å². The van der Waals surface area contributed by atoms with E-state index >= 15 is 0 Å². The van der Waals surface area contributed by atoms with E-state index in [4.69, 9.17) is 4.74 Å². The molecule has 0 N–H and O–H groups in total. The van der Waals surface area contributed by atoms with Gasteiger partial charge in [-0.05, 0) is 51.0 Å². The summed E-state index contributed by atoms with van der Waals surface area (Å²) in [6, 6.07) is 16.5. The smallest absolute Gasteiger partial charge is 0.119 e. The van der Waals surface area contributed by atoms with Crippen LogP contribution in [0.4, 0.5) is 0 Å². The van der Waals surface area contributed by atoms with Crippen LogP contribution in [0, 0.1) is 13.8 Å². The fourth-order valence-electron chi connectivity index (χ4n) is 2.67. The van der Waals surface area contributed by atoms with Crippen molar-refractivity contribution in [2.24, 2.45) is 0 Å². The molecule has 0 fully saturated rings. The number of aromatic nitrogens is 2. The summed E-state index contributed by atoms with van der Waals surface area (Å²) in [6.45, 7) is 5.91. The van der Waals surface area contributed by atoms with Gasteiger partial charge >= 0.3 is 0 Å². The van der Waals surface area contributed by atoms with Gasteiger partial charge in [-0.15, -0.1) is 12.4 Å². The van der Waals surface area contributed by atoms with Crippen molar-refractivity contribution in [3.05, 3.63) is 59.9 Å². The SMILES string of the molecule is Cc1ccc(OCCCCn2c(C)nc3ccccc32)cc1.Cl. The Morgan fingerprint density at radius 2 is 1.70 bits per heavy atom. The van der Waals surface area contributed by atoms with E-state index in [1.54, 1.807) is 0 Å². The number of imidazole rings is 1. The zero-order valence-corrected chi connectivity index (χ0v) is 14.5. The number of unbranched alkanes of at least 4 members (excludes halogenated alkanes) is 1. The second-order valence-electron chi connectivity index (χ2n) is 5.67.